The van der Waals surface area contributed by atoms with Crippen LogP contribution in [0.1, 0.15) is 22.3 Å². The Morgan fingerprint density at radius 1 is 1.15 bits per heavy atom. The zero-order chi connectivity index (χ0) is 18.5. The van der Waals surface area contributed by atoms with Gasteiger partial charge in [0.2, 0.25) is 18.3 Å². The second-order valence-electron chi connectivity index (χ2n) is 5.56. The van der Waals surface area contributed by atoms with Gasteiger partial charge in [0.25, 0.3) is 0 Å². The molecule has 138 valence electrons. The van der Waals surface area contributed by atoms with Crippen LogP contribution in [0.5, 0.6) is 23.0 Å². The molecule has 0 spiro atoms. The summed E-state index contributed by atoms with van der Waals surface area (Å²) in [4.78, 5) is 12.1. The number of carbonyl (C=O) groups is 1. The average molecular weight is 379 g/mol. The SMILES string of the molecule is COc1c(CCCOC(=O)c2ccccc2Cl)cc2c(c1OC)OCO2. The zero-order valence-corrected chi connectivity index (χ0v) is 15.3. The summed E-state index contributed by atoms with van der Waals surface area (Å²) in [5, 5.41) is 0.375. The van der Waals surface area contributed by atoms with E-state index in [-0.39, 0.29) is 13.4 Å². The number of rotatable bonds is 7. The minimum absolute atomic E-state index is 0.147. The van der Waals surface area contributed by atoms with Gasteiger partial charge in [-0.15, -0.1) is 0 Å². The number of ether oxygens (including phenoxy) is 5. The van der Waals surface area contributed by atoms with E-state index in [1.165, 1.54) is 0 Å². The molecule has 1 aliphatic heterocycles. The molecule has 7 heteroatoms. The van der Waals surface area contributed by atoms with Gasteiger partial charge < -0.3 is 23.7 Å². The van der Waals surface area contributed by atoms with Crippen molar-refractivity contribution in [2.75, 3.05) is 27.6 Å². The number of carbonyl (C=O) groups excluding carboxylic acids is 1. The molecule has 2 aromatic rings. The number of hydrogen-bond acceptors (Lipinski definition) is 6. The molecule has 0 unspecified atom stereocenters. The molecule has 6 nitrogen and oxygen atoms in total. The van der Waals surface area contributed by atoms with E-state index in [4.69, 9.17) is 35.3 Å². The Kier molecular flexibility index (Phi) is 5.73. The maximum Gasteiger partial charge on any atom is 0.339 e. The average Bonchev–Trinajstić information content (AvgIpc) is 3.12. The molecule has 26 heavy (non-hydrogen) atoms. The molecule has 0 aliphatic carbocycles. The molecule has 1 aliphatic rings. The fourth-order valence-corrected chi connectivity index (χ4v) is 2.99. The van der Waals surface area contributed by atoms with Crippen molar-refractivity contribution in [3.63, 3.8) is 0 Å². The van der Waals surface area contributed by atoms with Crippen molar-refractivity contribution < 1.29 is 28.5 Å². The Morgan fingerprint density at radius 3 is 2.65 bits per heavy atom. The fourth-order valence-electron chi connectivity index (χ4n) is 2.77. The van der Waals surface area contributed by atoms with Crippen LogP contribution < -0.4 is 18.9 Å². The Morgan fingerprint density at radius 2 is 1.92 bits per heavy atom. The third-order valence-electron chi connectivity index (χ3n) is 3.98. The quantitative estimate of drug-likeness (QED) is 0.538. The molecule has 3 rings (SSSR count). The van der Waals surface area contributed by atoms with Gasteiger partial charge in [0.1, 0.15) is 0 Å². The summed E-state index contributed by atoms with van der Waals surface area (Å²) in [5.74, 6) is 1.81. The molecular formula is C19H19ClO6. The van der Waals surface area contributed by atoms with E-state index in [9.17, 15) is 4.79 Å². The largest absolute Gasteiger partial charge is 0.492 e. The molecular weight excluding hydrogens is 360 g/mol. The first-order chi connectivity index (χ1) is 12.7. The first-order valence-corrected chi connectivity index (χ1v) is 8.48. The lowest BCUT2D eigenvalue weighted by Crippen LogP contribution is -2.08. The Bertz CT molecular complexity index is 805. The van der Waals surface area contributed by atoms with Crippen LogP contribution >= 0.6 is 11.6 Å². The van der Waals surface area contributed by atoms with Gasteiger partial charge in [-0.05, 0) is 31.0 Å². The van der Waals surface area contributed by atoms with Gasteiger partial charge in [0.05, 0.1) is 31.4 Å². The predicted molar refractivity (Wildman–Crippen MR) is 95.7 cm³/mol. The number of halogens is 1. The lowest BCUT2D eigenvalue weighted by molar-refractivity contribution is 0.0500. The number of benzene rings is 2. The smallest absolute Gasteiger partial charge is 0.339 e. The molecule has 0 bridgehead atoms. The monoisotopic (exact) mass is 378 g/mol. The van der Waals surface area contributed by atoms with Gasteiger partial charge in [0.15, 0.2) is 11.5 Å². The lowest BCUT2D eigenvalue weighted by atomic mass is 10.1. The lowest BCUT2D eigenvalue weighted by Gasteiger charge is -2.15. The van der Waals surface area contributed by atoms with Gasteiger partial charge in [-0.25, -0.2) is 4.79 Å². The Balaban J connectivity index is 1.63. The highest BCUT2D eigenvalue weighted by molar-refractivity contribution is 6.33. The summed E-state index contributed by atoms with van der Waals surface area (Å²) >= 11 is 6.00. The van der Waals surface area contributed by atoms with E-state index in [1.54, 1.807) is 38.5 Å². The third-order valence-corrected chi connectivity index (χ3v) is 4.31. The number of methoxy groups -OCH3 is 2. The van der Waals surface area contributed by atoms with Crippen LogP contribution in [0.2, 0.25) is 5.02 Å². The standard InChI is InChI=1S/C19H19ClO6/c1-22-16-12(10-15-17(18(16)23-2)26-11-25-15)6-5-9-24-19(21)13-7-3-4-8-14(13)20/h3-4,7-8,10H,5-6,9,11H2,1-2H3. The van der Waals surface area contributed by atoms with Crippen LogP contribution in [0.15, 0.2) is 30.3 Å². The molecule has 0 fully saturated rings. The van der Waals surface area contributed by atoms with E-state index < -0.39 is 5.97 Å². The summed E-state index contributed by atoms with van der Waals surface area (Å²) < 4.78 is 27.0. The minimum atomic E-state index is -0.439. The molecule has 0 amide bonds. The first kappa shape index (κ1) is 18.2. The van der Waals surface area contributed by atoms with Gasteiger partial charge in [-0.2, -0.15) is 0 Å². The highest BCUT2D eigenvalue weighted by Gasteiger charge is 2.25. The third kappa shape index (κ3) is 3.65. The number of esters is 1. The maximum absolute atomic E-state index is 12.1. The molecule has 0 N–H and O–H groups in total. The van der Waals surface area contributed by atoms with Crippen molar-refractivity contribution in [3.05, 3.63) is 46.5 Å². The van der Waals surface area contributed by atoms with E-state index >= 15 is 0 Å². The van der Waals surface area contributed by atoms with Crippen molar-refractivity contribution in [2.24, 2.45) is 0 Å². The van der Waals surface area contributed by atoms with E-state index in [2.05, 4.69) is 0 Å². The molecule has 0 saturated heterocycles. The van der Waals surface area contributed by atoms with Crippen LogP contribution in [-0.2, 0) is 11.2 Å². The van der Waals surface area contributed by atoms with Crippen LogP contribution in [0, 0.1) is 0 Å². The molecule has 1 heterocycles. The first-order valence-electron chi connectivity index (χ1n) is 8.10. The van der Waals surface area contributed by atoms with E-state index in [0.29, 0.717) is 46.4 Å². The zero-order valence-electron chi connectivity index (χ0n) is 14.5. The van der Waals surface area contributed by atoms with Crippen molar-refractivity contribution in [1.82, 2.24) is 0 Å². The summed E-state index contributed by atoms with van der Waals surface area (Å²) in [6.45, 7) is 0.401. The molecule has 0 atom stereocenters. The van der Waals surface area contributed by atoms with Gasteiger partial charge in [-0.1, -0.05) is 23.7 Å². The Labute approximate surface area is 156 Å². The topological polar surface area (TPSA) is 63.2 Å². The number of fused-ring (bicyclic) bond motifs is 1. The Hall–Kier alpha value is -2.60. The van der Waals surface area contributed by atoms with Crippen molar-refractivity contribution >= 4 is 17.6 Å². The van der Waals surface area contributed by atoms with Crippen molar-refractivity contribution in [2.45, 2.75) is 12.8 Å². The van der Waals surface area contributed by atoms with Gasteiger partial charge in [-0.3, -0.25) is 0 Å². The highest BCUT2D eigenvalue weighted by Crippen LogP contribution is 2.49. The number of hydrogen-bond donors (Lipinski definition) is 0. The molecule has 0 radical (unpaired) electrons. The van der Waals surface area contributed by atoms with Crippen molar-refractivity contribution in [1.29, 1.82) is 0 Å². The summed E-state index contributed by atoms with van der Waals surface area (Å²) in [6.07, 6.45) is 1.22. The summed E-state index contributed by atoms with van der Waals surface area (Å²) in [6, 6.07) is 8.66. The van der Waals surface area contributed by atoms with Crippen molar-refractivity contribution in [3.8, 4) is 23.0 Å². The van der Waals surface area contributed by atoms with Crippen LogP contribution in [0.4, 0.5) is 0 Å². The molecule has 0 aromatic heterocycles. The summed E-state index contributed by atoms with van der Waals surface area (Å²) in [5.41, 5.74) is 1.25. The van der Waals surface area contributed by atoms with Crippen LogP contribution in [-0.4, -0.2) is 33.6 Å². The van der Waals surface area contributed by atoms with Crippen LogP contribution in [0.3, 0.4) is 0 Å². The molecule has 0 saturated carbocycles. The fraction of sp³-hybridized carbons (Fsp3) is 0.316. The normalized spacial score (nSPS) is 12.0. The van der Waals surface area contributed by atoms with Gasteiger partial charge >= 0.3 is 5.97 Å². The highest BCUT2D eigenvalue weighted by atomic mass is 35.5. The van der Waals surface area contributed by atoms with E-state index in [1.807, 2.05) is 6.07 Å². The maximum atomic E-state index is 12.1. The number of aryl methyl sites for hydroxylation is 1. The second-order valence-corrected chi connectivity index (χ2v) is 5.96. The van der Waals surface area contributed by atoms with Crippen LogP contribution in [0.25, 0.3) is 0 Å². The summed E-state index contributed by atoms with van der Waals surface area (Å²) in [7, 11) is 3.12. The van der Waals surface area contributed by atoms with E-state index in [0.717, 1.165) is 5.56 Å². The van der Waals surface area contributed by atoms with Gasteiger partial charge in [0, 0.05) is 5.56 Å². The second kappa shape index (κ2) is 8.19. The minimum Gasteiger partial charge on any atom is -0.492 e. The molecule has 2 aromatic carbocycles. The predicted octanol–water partition coefficient (Wildman–Crippen LogP) is 3.88.